The Morgan fingerprint density at radius 3 is 2.33 bits per heavy atom. The predicted octanol–water partition coefficient (Wildman–Crippen LogP) is 2.40. The van der Waals surface area contributed by atoms with Gasteiger partial charge in [-0.3, -0.25) is 4.79 Å². The molecule has 1 N–H and O–H groups in total. The van der Waals surface area contributed by atoms with Gasteiger partial charge in [0, 0.05) is 10.6 Å². The molecule has 0 saturated carbocycles. The molecule has 0 aromatic heterocycles. The number of hydrogen-bond acceptors (Lipinski definition) is 3. The van der Waals surface area contributed by atoms with Gasteiger partial charge < -0.3 is 10.0 Å². The van der Waals surface area contributed by atoms with E-state index in [4.69, 9.17) is 0 Å². The van der Waals surface area contributed by atoms with Crippen LogP contribution in [-0.4, -0.2) is 29.2 Å². The van der Waals surface area contributed by atoms with E-state index < -0.39 is 11.6 Å². The Morgan fingerprint density at radius 2 is 1.89 bits per heavy atom. The number of carbonyl (C=O) groups excluding carboxylic acids is 1. The normalized spacial score (nSPS) is 20.6. The number of carbonyl (C=O) groups is 1. The fourth-order valence-electron chi connectivity index (χ4n) is 1.77. The van der Waals surface area contributed by atoms with Gasteiger partial charge in [-0.15, -0.1) is 0 Å². The highest BCUT2D eigenvalue weighted by molar-refractivity contribution is 8.00. The van der Waals surface area contributed by atoms with Gasteiger partial charge in [-0.2, -0.15) is 13.2 Å². The lowest BCUT2D eigenvalue weighted by Gasteiger charge is -2.16. The SMILES string of the molecule is O=C1CC(O)CN1c1ccc(SC(F)(F)F)cc1. The van der Waals surface area contributed by atoms with E-state index in [9.17, 15) is 23.1 Å². The minimum atomic E-state index is -4.32. The molecule has 2 rings (SSSR count). The zero-order valence-electron chi connectivity index (χ0n) is 9.15. The quantitative estimate of drug-likeness (QED) is 0.844. The molecule has 1 saturated heterocycles. The van der Waals surface area contributed by atoms with Gasteiger partial charge in [0.15, 0.2) is 0 Å². The van der Waals surface area contributed by atoms with Crippen molar-refractivity contribution in [1.29, 1.82) is 0 Å². The molecule has 0 radical (unpaired) electrons. The second-order valence-electron chi connectivity index (χ2n) is 3.90. The summed E-state index contributed by atoms with van der Waals surface area (Å²) >= 11 is -0.200. The number of aliphatic hydroxyl groups excluding tert-OH is 1. The number of aliphatic hydroxyl groups is 1. The zero-order valence-corrected chi connectivity index (χ0v) is 9.96. The van der Waals surface area contributed by atoms with E-state index in [1.54, 1.807) is 0 Å². The van der Waals surface area contributed by atoms with Gasteiger partial charge >= 0.3 is 5.51 Å². The van der Waals surface area contributed by atoms with Crippen LogP contribution in [0, 0.1) is 0 Å². The van der Waals surface area contributed by atoms with Crippen LogP contribution in [0.2, 0.25) is 0 Å². The number of anilines is 1. The summed E-state index contributed by atoms with van der Waals surface area (Å²) in [5.41, 5.74) is -3.82. The summed E-state index contributed by atoms with van der Waals surface area (Å²) in [6.45, 7) is 0.185. The molecule has 3 nitrogen and oxygen atoms in total. The molecule has 0 bridgehead atoms. The van der Waals surface area contributed by atoms with Gasteiger partial charge in [-0.05, 0) is 36.0 Å². The van der Waals surface area contributed by atoms with Gasteiger partial charge in [0.2, 0.25) is 5.91 Å². The number of rotatable bonds is 2. The lowest BCUT2D eigenvalue weighted by atomic mass is 10.3. The Kier molecular flexibility index (Phi) is 3.54. The first-order valence-corrected chi connectivity index (χ1v) is 6.01. The van der Waals surface area contributed by atoms with Crippen LogP contribution in [-0.2, 0) is 4.79 Å². The largest absolute Gasteiger partial charge is 0.446 e. The van der Waals surface area contributed by atoms with E-state index in [1.807, 2.05) is 0 Å². The highest BCUT2D eigenvalue weighted by atomic mass is 32.2. The summed E-state index contributed by atoms with van der Waals surface area (Å²) in [5.74, 6) is -0.223. The van der Waals surface area contributed by atoms with Crippen molar-refractivity contribution >= 4 is 23.4 Å². The van der Waals surface area contributed by atoms with Crippen molar-refractivity contribution < 1.29 is 23.1 Å². The number of hydrogen-bond donors (Lipinski definition) is 1. The van der Waals surface area contributed by atoms with Crippen LogP contribution in [0.4, 0.5) is 18.9 Å². The highest BCUT2D eigenvalue weighted by Gasteiger charge is 2.30. The molecular formula is C11H10F3NO2S. The molecule has 1 aliphatic heterocycles. The zero-order chi connectivity index (χ0) is 13.3. The van der Waals surface area contributed by atoms with Gasteiger partial charge in [0.1, 0.15) is 0 Å². The third-order valence-electron chi connectivity index (χ3n) is 2.49. The summed E-state index contributed by atoms with van der Waals surface area (Å²) < 4.78 is 36.4. The number of β-amino-alcohol motifs (C(OH)–C–C–N with tert-alkyl or cyclic N) is 1. The van der Waals surface area contributed by atoms with Crippen LogP contribution in [0.5, 0.6) is 0 Å². The van der Waals surface area contributed by atoms with Crippen molar-refractivity contribution in [3.05, 3.63) is 24.3 Å². The average molecular weight is 277 g/mol. The van der Waals surface area contributed by atoms with Crippen LogP contribution >= 0.6 is 11.8 Å². The minimum Gasteiger partial charge on any atom is -0.391 e. The summed E-state index contributed by atoms with van der Waals surface area (Å²) in [6.07, 6.45) is -0.652. The summed E-state index contributed by atoms with van der Waals surface area (Å²) in [6, 6.07) is 5.52. The van der Waals surface area contributed by atoms with E-state index in [1.165, 1.54) is 29.2 Å². The van der Waals surface area contributed by atoms with Crippen LogP contribution < -0.4 is 4.90 Å². The second-order valence-corrected chi connectivity index (χ2v) is 5.04. The lowest BCUT2D eigenvalue weighted by molar-refractivity contribution is -0.117. The molecule has 1 atom stereocenters. The molecule has 1 fully saturated rings. The van der Waals surface area contributed by atoms with Gasteiger partial charge in [-0.25, -0.2) is 0 Å². The molecule has 1 heterocycles. The highest BCUT2D eigenvalue weighted by Crippen LogP contribution is 2.37. The molecule has 1 aromatic rings. The number of halogens is 3. The van der Waals surface area contributed by atoms with Crippen molar-refractivity contribution in [2.45, 2.75) is 22.9 Å². The number of nitrogens with zero attached hydrogens (tertiary/aromatic N) is 1. The Labute approximate surface area is 106 Å². The first-order valence-electron chi connectivity index (χ1n) is 5.19. The maximum absolute atomic E-state index is 12.1. The maximum Gasteiger partial charge on any atom is 0.446 e. The van der Waals surface area contributed by atoms with Gasteiger partial charge in [-0.1, -0.05) is 0 Å². The topological polar surface area (TPSA) is 40.5 Å². The maximum atomic E-state index is 12.1. The Balaban J connectivity index is 2.11. The number of alkyl halides is 3. The fourth-order valence-corrected chi connectivity index (χ4v) is 2.31. The summed E-state index contributed by atoms with van der Waals surface area (Å²) in [4.78, 5) is 12.9. The third-order valence-corrected chi connectivity index (χ3v) is 3.23. The second kappa shape index (κ2) is 4.81. The average Bonchev–Trinajstić information content (AvgIpc) is 2.57. The molecule has 1 aliphatic rings. The van der Waals surface area contributed by atoms with Gasteiger partial charge in [0.05, 0.1) is 19.1 Å². The van der Waals surface area contributed by atoms with Crippen molar-refractivity contribution in [3.8, 4) is 0 Å². The van der Waals surface area contributed by atoms with Crippen LogP contribution in [0.3, 0.4) is 0 Å². The van der Waals surface area contributed by atoms with Crippen LogP contribution in [0.15, 0.2) is 29.2 Å². The number of benzene rings is 1. The number of amides is 1. The van der Waals surface area contributed by atoms with Crippen molar-refractivity contribution in [1.82, 2.24) is 0 Å². The van der Waals surface area contributed by atoms with E-state index in [0.717, 1.165) is 0 Å². The molecule has 1 amide bonds. The van der Waals surface area contributed by atoms with Crippen molar-refractivity contribution in [3.63, 3.8) is 0 Å². The molecule has 18 heavy (non-hydrogen) atoms. The molecule has 0 aliphatic carbocycles. The van der Waals surface area contributed by atoms with Gasteiger partial charge in [0.25, 0.3) is 0 Å². The molecule has 1 aromatic carbocycles. The van der Waals surface area contributed by atoms with E-state index in [0.29, 0.717) is 5.69 Å². The molecule has 0 spiro atoms. The number of thioether (sulfide) groups is 1. The monoisotopic (exact) mass is 277 g/mol. The smallest absolute Gasteiger partial charge is 0.391 e. The minimum absolute atomic E-state index is 0.0546. The summed E-state index contributed by atoms with van der Waals surface area (Å²) in [7, 11) is 0. The molecule has 98 valence electrons. The molecule has 7 heteroatoms. The fraction of sp³-hybridized carbons (Fsp3) is 0.364. The lowest BCUT2D eigenvalue weighted by Crippen LogP contribution is -2.25. The van der Waals surface area contributed by atoms with E-state index in [2.05, 4.69) is 0 Å². The first kappa shape index (κ1) is 13.2. The van der Waals surface area contributed by atoms with Crippen molar-refractivity contribution in [2.24, 2.45) is 0 Å². The van der Waals surface area contributed by atoms with Crippen molar-refractivity contribution in [2.75, 3.05) is 11.4 Å². The van der Waals surface area contributed by atoms with Crippen LogP contribution in [0.1, 0.15) is 6.42 Å². The Hall–Kier alpha value is -1.21. The third kappa shape index (κ3) is 3.17. The Morgan fingerprint density at radius 1 is 1.28 bits per heavy atom. The molecule has 1 unspecified atom stereocenters. The molecular weight excluding hydrogens is 267 g/mol. The summed E-state index contributed by atoms with van der Waals surface area (Å²) in [5, 5.41) is 9.32. The predicted molar refractivity (Wildman–Crippen MR) is 61.3 cm³/mol. The van der Waals surface area contributed by atoms with E-state index in [-0.39, 0.29) is 35.5 Å². The van der Waals surface area contributed by atoms with Crippen LogP contribution in [0.25, 0.3) is 0 Å². The Bertz CT molecular complexity index is 447. The standard InChI is InChI=1S/C11H10F3NO2S/c12-11(13,14)18-9-3-1-7(2-4-9)15-6-8(16)5-10(15)17/h1-4,8,16H,5-6H2. The first-order chi connectivity index (χ1) is 8.35. The van der Waals surface area contributed by atoms with E-state index >= 15 is 0 Å².